The largest absolute Gasteiger partial charge is 0.468 e. The number of ether oxygens (including phenoxy) is 2. The molecule has 1 aliphatic heterocycles. The summed E-state index contributed by atoms with van der Waals surface area (Å²) in [6.07, 6.45) is 0. The first-order valence-corrected chi connectivity index (χ1v) is 6.96. The van der Waals surface area contributed by atoms with Gasteiger partial charge in [0.2, 0.25) is 0 Å². The highest BCUT2D eigenvalue weighted by Gasteiger charge is 2.30. The molecule has 1 fully saturated rings. The molecule has 1 heterocycles. The van der Waals surface area contributed by atoms with Crippen LogP contribution >= 0.6 is 11.8 Å². The van der Waals surface area contributed by atoms with Gasteiger partial charge in [-0.3, -0.25) is 9.69 Å². The Morgan fingerprint density at radius 3 is 2.82 bits per heavy atom. The first-order valence-electron chi connectivity index (χ1n) is 5.97. The van der Waals surface area contributed by atoms with E-state index in [1.807, 2.05) is 11.8 Å². The average molecular weight is 261 g/mol. The van der Waals surface area contributed by atoms with Gasteiger partial charge in [-0.2, -0.15) is 11.8 Å². The molecule has 1 aliphatic rings. The summed E-state index contributed by atoms with van der Waals surface area (Å²) in [4.78, 5) is 13.7. The van der Waals surface area contributed by atoms with E-state index in [4.69, 9.17) is 9.47 Å². The van der Waals surface area contributed by atoms with Crippen molar-refractivity contribution in [2.75, 3.05) is 39.2 Å². The van der Waals surface area contributed by atoms with Gasteiger partial charge in [0.15, 0.2) is 0 Å². The second kappa shape index (κ2) is 6.61. The third kappa shape index (κ3) is 5.27. The van der Waals surface area contributed by atoms with Gasteiger partial charge < -0.3 is 9.47 Å². The van der Waals surface area contributed by atoms with Crippen LogP contribution in [-0.4, -0.2) is 60.8 Å². The van der Waals surface area contributed by atoms with Crippen molar-refractivity contribution in [3.63, 3.8) is 0 Å². The molecular formula is C12H23NO3S. The molecule has 0 N–H and O–H groups in total. The van der Waals surface area contributed by atoms with E-state index in [0.717, 1.165) is 18.8 Å². The number of methoxy groups -OCH3 is 1. The monoisotopic (exact) mass is 261 g/mol. The van der Waals surface area contributed by atoms with Gasteiger partial charge in [0, 0.05) is 23.6 Å². The summed E-state index contributed by atoms with van der Waals surface area (Å²) < 4.78 is 10.4. The summed E-state index contributed by atoms with van der Waals surface area (Å²) in [6, 6.07) is -0.227. The molecule has 4 nitrogen and oxygen atoms in total. The Morgan fingerprint density at radius 2 is 2.24 bits per heavy atom. The van der Waals surface area contributed by atoms with Gasteiger partial charge in [-0.1, -0.05) is 20.8 Å². The number of thioether (sulfide) groups is 1. The molecule has 100 valence electrons. The summed E-state index contributed by atoms with van der Waals surface area (Å²) in [6.45, 7) is 9.48. The maximum atomic E-state index is 11.6. The van der Waals surface area contributed by atoms with Crippen LogP contribution in [0.25, 0.3) is 0 Å². The molecule has 5 heteroatoms. The second-order valence-electron chi connectivity index (χ2n) is 5.11. The Kier molecular flexibility index (Phi) is 5.76. The van der Waals surface area contributed by atoms with Crippen LogP contribution in [0.1, 0.15) is 20.8 Å². The highest BCUT2D eigenvalue weighted by molar-refractivity contribution is 8.00. The van der Waals surface area contributed by atoms with E-state index >= 15 is 0 Å². The number of hydrogen-bond donors (Lipinski definition) is 0. The molecular weight excluding hydrogens is 238 g/mol. The summed E-state index contributed by atoms with van der Waals surface area (Å²) >= 11 is 1.91. The van der Waals surface area contributed by atoms with E-state index in [2.05, 4.69) is 25.7 Å². The van der Waals surface area contributed by atoms with Crippen LogP contribution in [-0.2, 0) is 14.3 Å². The summed E-state index contributed by atoms with van der Waals surface area (Å²) in [5.41, 5.74) is 0. The minimum absolute atomic E-state index is 0.189. The van der Waals surface area contributed by atoms with Crippen LogP contribution in [0.2, 0.25) is 0 Å². The molecule has 1 unspecified atom stereocenters. The predicted molar refractivity (Wildman–Crippen MR) is 70.4 cm³/mol. The van der Waals surface area contributed by atoms with Gasteiger partial charge in [0.05, 0.1) is 20.3 Å². The van der Waals surface area contributed by atoms with Crippen LogP contribution < -0.4 is 0 Å². The molecule has 1 saturated heterocycles. The van der Waals surface area contributed by atoms with Gasteiger partial charge in [-0.25, -0.2) is 0 Å². The van der Waals surface area contributed by atoms with Crippen LogP contribution in [0.4, 0.5) is 0 Å². The third-order valence-corrected chi connectivity index (χ3v) is 3.88. The Morgan fingerprint density at radius 1 is 1.53 bits per heavy atom. The molecule has 0 bridgehead atoms. The lowest BCUT2D eigenvalue weighted by Gasteiger charge is -2.34. The second-order valence-corrected chi connectivity index (χ2v) is 7.03. The van der Waals surface area contributed by atoms with E-state index in [9.17, 15) is 4.79 Å². The lowest BCUT2D eigenvalue weighted by Crippen LogP contribution is -2.51. The SMILES string of the molecule is COC(=O)C1COCCN1CCSC(C)(C)C. The first kappa shape index (κ1) is 14.8. The van der Waals surface area contributed by atoms with Crippen molar-refractivity contribution in [2.45, 2.75) is 31.6 Å². The predicted octanol–water partition coefficient (Wildman–Crippen LogP) is 1.39. The summed E-state index contributed by atoms with van der Waals surface area (Å²) in [7, 11) is 1.43. The normalized spacial score (nSPS) is 22.5. The fourth-order valence-electron chi connectivity index (χ4n) is 1.73. The van der Waals surface area contributed by atoms with E-state index in [1.54, 1.807) is 0 Å². The number of carbonyl (C=O) groups is 1. The Bertz CT molecular complexity index is 253. The van der Waals surface area contributed by atoms with Crippen LogP contribution in [0.3, 0.4) is 0 Å². The van der Waals surface area contributed by atoms with Crippen molar-refractivity contribution < 1.29 is 14.3 Å². The van der Waals surface area contributed by atoms with Crippen LogP contribution in [0.15, 0.2) is 0 Å². The molecule has 0 amide bonds. The lowest BCUT2D eigenvalue weighted by molar-refractivity contribution is -0.153. The standard InChI is InChI=1S/C12H23NO3S/c1-12(2,3)17-8-6-13-5-7-16-9-10(13)11(14)15-4/h10H,5-9H2,1-4H3. The van der Waals surface area contributed by atoms with Gasteiger partial charge in [0.1, 0.15) is 6.04 Å². The minimum atomic E-state index is -0.227. The lowest BCUT2D eigenvalue weighted by atomic mass is 10.2. The zero-order valence-corrected chi connectivity index (χ0v) is 12.0. The minimum Gasteiger partial charge on any atom is -0.468 e. The first-order chi connectivity index (χ1) is 7.94. The van der Waals surface area contributed by atoms with Gasteiger partial charge in [0.25, 0.3) is 0 Å². The van der Waals surface area contributed by atoms with Crippen LogP contribution in [0.5, 0.6) is 0 Å². The highest BCUT2D eigenvalue weighted by atomic mass is 32.2. The third-order valence-electron chi connectivity index (χ3n) is 2.63. The van der Waals surface area contributed by atoms with Gasteiger partial charge >= 0.3 is 5.97 Å². The zero-order chi connectivity index (χ0) is 12.9. The number of nitrogens with zero attached hydrogens (tertiary/aromatic N) is 1. The number of carbonyl (C=O) groups excluding carboxylic acids is 1. The van der Waals surface area contributed by atoms with E-state index < -0.39 is 0 Å². The Hall–Kier alpha value is -0.260. The molecule has 17 heavy (non-hydrogen) atoms. The van der Waals surface area contributed by atoms with E-state index in [-0.39, 0.29) is 16.8 Å². The number of rotatable bonds is 4. The Labute approximate surface area is 108 Å². The highest BCUT2D eigenvalue weighted by Crippen LogP contribution is 2.23. The number of hydrogen-bond acceptors (Lipinski definition) is 5. The molecule has 0 spiro atoms. The topological polar surface area (TPSA) is 38.8 Å². The number of esters is 1. The Balaban J connectivity index is 2.40. The van der Waals surface area contributed by atoms with Crippen LogP contribution in [0, 0.1) is 0 Å². The molecule has 0 aliphatic carbocycles. The van der Waals surface area contributed by atoms with Crippen molar-refractivity contribution in [1.82, 2.24) is 4.90 Å². The van der Waals surface area contributed by atoms with Crippen molar-refractivity contribution in [3.05, 3.63) is 0 Å². The van der Waals surface area contributed by atoms with Crippen molar-refractivity contribution in [1.29, 1.82) is 0 Å². The quantitative estimate of drug-likeness (QED) is 0.715. The molecule has 0 aromatic heterocycles. The molecule has 0 aromatic carbocycles. The smallest absolute Gasteiger partial charge is 0.325 e. The number of morpholine rings is 1. The van der Waals surface area contributed by atoms with Crippen molar-refractivity contribution in [2.24, 2.45) is 0 Å². The van der Waals surface area contributed by atoms with Gasteiger partial charge in [-0.05, 0) is 0 Å². The van der Waals surface area contributed by atoms with Crippen molar-refractivity contribution >= 4 is 17.7 Å². The molecule has 0 aromatic rings. The molecule has 1 rings (SSSR count). The molecule has 0 radical (unpaired) electrons. The molecule has 1 atom stereocenters. The van der Waals surface area contributed by atoms with Gasteiger partial charge in [-0.15, -0.1) is 0 Å². The maximum Gasteiger partial charge on any atom is 0.325 e. The molecule has 0 saturated carbocycles. The summed E-state index contributed by atoms with van der Waals surface area (Å²) in [5, 5.41) is 0. The fourth-order valence-corrected chi connectivity index (χ4v) is 2.67. The van der Waals surface area contributed by atoms with E-state index in [0.29, 0.717) is 13.2 Å². The maximum absolute atomic E-state index is 11.6. The van der Waals surface area contributed by atoms with E-state index in [1.165, 1.54) is 7.11 Å². The summed E-state index contributed by atoms with van der Waals surface area (Å²) in [5.74, 6) is 0.835. The fraction of sp³-hybridized carbons (Fsp3) is 0.917. The van der Waals surface area contributed by atoms with Crippen molar-refractivity contribution in [3.8, 4) is 0 Å². The average Bonchev–Trinajstić information content (AvgIpc) is 2.27. The zero-order valence-electron chi connectivity index (χ0n) is 11.2.